The molecule has 5 heteroatoms. The minimum absolute atomic E-state index is 0.433. The standard InChI is InChI=1S/C18H20O5/c1-14(2)23-17(20)18(21,13-16(19)10-12-22-3)11-9-15-7-5-4-6-8-15/h4-8,10,12,14,21H,13H2,1-3H3/b12-10+/t18-/m1/s1. The summed E-state index contributed by atoms with van der Waals surface area (Å²) in [5, 5.41) is 10.5. The Morgan fingerprint density at radius 3 is 2.52 bits per heavy atom. The summed E-state index contributed by atoms with van der Waals surface area (Å²) >= 11 is 0. The molecule has 1 atom stereocenters. The van der Waals surface area contributed by atoms with Crippen molar-refractivity contribution in [2.24, 2.45) is 0 Å². The van der Waals surface area contributed by atoms with Gasteiger partial charge in [-0.1, -0.05) is 30.0 Å². The summed E-state index contributed by atoms with van der Waals surface area (Å²) in [6, 6.07) is 8.84. The van der Waals surface area contributed by atoms with Crippen LogP contribution in [0, 0.1) is 11.8 Å². The van der Waals surface area contributed by atoms with Crippen LogP contribution in [0.15, 0.2) is 42.7 Å². The number of ketones is 1. The summed E-state index contributed by atoms with van der Waals surface area (Å²) in [4.78, 5) is 23.9. The molecule has 0 spiro atoms. The Bertz CT molecular complexity index is 622. The van der Waals surface area contributed by atoms with Crippen molar-refractivity contribution in [3.8, 4) is 11.8 Å². The molecule has 0 aliphatic heterocycles. The highest BCUT2D eigenvalue weighted by molar-refractivity contribution is 5.96. The summed E-state index contributed by atoms with van der Waals surface area (Å²) in [7, 11) is 1.39. The first kappa shape index (κ1) is 18.5. The zero-order valence-electron chi connectivity index (χ0n) is 13.4. The first-order valence-electron chi connectivity index (χ1n) is 7.11. The normalized spacial score (nSPS) is 13.1. The van der Waals surface area contributed by atoms with Crippen molar-refractivity contribution < 1.29 is 24.2 Å². The molecule has 0 unspecified atom stereocenters. The van der Waals surface area contributed by atoms with Gasteiger partial charge in [-0.05, 0) is 26.0 Å². The molecule has 122 valence electrons. The third kappa shape index (κ3) is 6.37. The first-order valence-corrected chi connectivity index (χ1v) is 7.11. The second-order valence-corrected chi connectivity index (χ2v) is 5.11. The molecule has 0 aliphatic rings. The summed E-state index contributed by atoms with van der Waals surface area (Å²) in [5.74, 6) is 3.70. The van der Waals surface area contributed by atoms with Gasteiger partial charge in [-0.2, -0.15) is 0 Å². The molecule has 0 bridgehead atoms. The molecule has 0 saturated heterocycles. The Labute approximate surface area is 135 Å². The quantitative estimate of drug-likeness (QED) is 0.375. The third-order valence-electron chi connectivity index (χ3n) is 2.69. The maximum absolute atomic E-state index is 12.1. The summed E-state index contributed by atoms with van der Waals surface area (Å²) in [6.45, 7) is 3.30. The molecule has 0 aromatic heterocycles. The lowest BCUT2D eigenvalue weighted by molar-refractivity contribution is -0.165. The molecule has 1 N–H and O–H groups in total. The second kappa shape index (κ2) is 8.76. The number of allylic oxidation sites excluding steroid dienone is 1. The Balaban J connectivity index is 3.05. The van der Waals surface area contributed by atoms with E-state index in [1.165, 1.54) is 13.4 Å². The fourth-order valence-corrected chi connectivity index (χ4v) is 1.63. The van der Waals surface area contributed by atoms with E-state index in [2.05, 4.69) is 16.6 Å². The van der Waals surface area contributed by atoms with E-state index in [0.29, 0.717) is 5.56 Å². The second-order valence-electron chi connectivity index (χ2n) is 5.11. The minimum Gasteiger partial charge on any atom is -0.504 e. The maximum Gasteiger partial charge on any atom is 0.351 e. The van der Waals surface area contributed by atoms with Crippen LogP contribution in [-0.2, 0) is 19.1 Å². The van der Waals surface area contributed by atoms with Crippen molar-refractivity contribution in [2.75, 3.05) is 7.11 Å². The molecular weight excluding hydrogens is 296 g/mol. The fraction of sp³-hybridized carbons (Fsp3) is 0.333. The van der Waals surface area contributed by atoms with Gasteiger partial charge in [-0.15, -0.1) is 0 Å². The Kier molecular flexibility index (Phi) is 7.04. The first-order chi connectivity index (χ1) is 10.9. The molecule has 0 amide bonds. The lowest BCUT2D eigenvalue weighted by atomic mass is 9.97. The predicted molar refractivity (Wildman–Crippen MR) is 85.3 cm³/mol. The molecule has 1 rings (SSSR count). The van der Waals surface area contributed by atoms with Crippen molar-refractivity contribution in [1.29, 1.82) is 0 Å². The van der Waals surface area contributed by atoms with E-state index in [-0.39, 0.29) is 0 Å². The van der Waals surface area contributed by atoms with Crippen molar-refractivity contribution >= 4 is 11.8 Å². The average Bonchev–Trinajstić information content (AvgIpc) is 2.51. The van der Waals surface area contributed by atoms with Gasteiger partial charge in [0.15, 0.2) is 5.78 Å². The van der Waals surface area contributed by atoms with Crippen LogP contribution >= 0.6 is 0 Å². The smallest absolute Gasteiger partial charge is 0.351 e. The Morgan fingerprint density at radius 1 is 1.30 bits per heavy atom. The van der Waals surface area contributed by atoms with E-state index >= 15 is 0 Å². The zero-order chi connectivity index (χ0) is 17.3. The van der Waals surface area contributed by atoms with Crippen LogP contribution in [-0.4, -0.2) is 35.7 Å². The van der Waals surface area contributed by atoms with Crippen LogP contribution in [0.5, 0.6) is 0 Å². The number of rotatable bonds is 6. The highest BCUT2D eigenvalue weighted by atomic mass is 16.6. The number of hydrogen-bond acceptors (Lipinski definition) is 5. The molecule has 0 fully saturated rings. The number of carbonyl (C=O) groups is 2. The minimum atomic E-state index is -2.21. The number of methoxy groups -OCH3 is 1. The van der Waals surface area contributed by atoms with E-state index < -0.39 is 29.9 Å². The van der Waals surface area contributed by atoms with Crippen molar-refractivity contribution in [3.05, 3.63) is 48.2 Å². The lowest BCUT2D eigenvalue weighted by Crippen LogP contribution is -2.41. The van der Waals surface area contributed by atoms with Gasteiger partial charge >= 0.3 is 5.97 Å². The SMILES string of the molecule is CO/C=C/C(=O)C[C@](O)(C#Cc1ccccc1)C(=O)OC(C)C. The van der Waals surface area contributed by atoms with Crippen LogP contribution in [0.25, 0.3) is 0 Å². The van der Waals surface area contributed by atoms with Crippen molar-refractivity contribution in [2.45, 2.75) is 32.0 Å². The number of ether oxygens (including phenoxy) is 2. The zero-order valence-corrected chi connectivity index (χ0v) is 13.4. The van der Waals surface area contributed by atoms with Gasteiger partial charge in [0.05, 0.1) is 25.9 Å². The average molecular weight is 316 g/mol. The van der Waals surface area contributed by atoms with Crippen molar-refractivity contribution in [3.63, 3.8) is 0 Å². The number of benzene rings is 1. The van der Waals surface area contributed by atoms with Crippen LogP contribution in [0.1, 0.15) is 25.8 Å². The highest BCUT2D eigenvalue weighted by Gasteiger charge is 2.38. The van der Waals surface area contributed by atoms with Crippen LogP contribution in [0.3, 0.4) is 0 Å². The highest BCUT2D eigenvalue weighted by Crippen LogP contribution is 2.15. The topological polar surface area (TPSA) is 72.8 Å². The van der Waals surface area contributed by atoms with E-state index in [1.54, 1.807) is 38.1 Å². The van der Waals surface area contributed by atoms with Crippen LogP contribution < -0.4 is 0 Å². The number of aliphatic hydroxyl groups is 1. The molecule has 0 saturated carbocycles. The lowest BCUT2D eigenvalue weighted by Gasteiger charge is -2.20. The maximum atomic E-state index is 12.1. The van der Waals surface area contributed by atoms with E-state index in [0.717, 1.165) is 6.08 Å². The van der Waals surface area contributed by atoms with E-state index in [9.17, 15) is 14.7 Å². The molecule has 23 heavy (non-hydrogen) atoms. The van der Waals surface area contributed by atoms with E-state index in [4.69, 9.17) is 4.74 Å². The third-order valence-corrected chi connectivity index (χ3v) is 2.69. The molecule has 1 aromatic carbocycles. The van der Waals surface area contributed by atoms with E-state index in [1.807, 2.05) is 6.07 Å². The summed E-state index contributed by atoms with van der Waals surface area (Å²) in [5.41, 5.74) is -1.60. The monoisotopic (exact) mass is 316 g/mol. The molecule has 0 aliphatic carbocycles. The van der Waals surface area contributed by atoms with Crippen molar-refractivity contribution in [1.82, 2.24) is 0 Å². The Hall–Kier alpha value is -2.58. The number of carbonyl (C=O) groups excluding carboxylic acids is 2. The summed E-state index contributed by atoms with van der Waals surface area (Å²) in [6.07, 6.45) is 1.34. The van der Waals surface area contributed by atoms with Gasteiger partial charge in [-0.25, -0.2) is 4.79 Å². The fourth-order valence-electron chi connectivity index (χ4n) is 1.63. The number of esters is 1. The molecular formula is C18H20O5. The van der Waals surface area contributed by atoms with Gasteiger partial charge in [-0.3, -0.25) is 4.79 Å². The van der Waals surface area contributed by atoms with Gasteiger partial charge < -0.3 is 14.6 Å². The molecule has 1 aromatic rings. The van der Waals surface area contributed by atoms with Gasteiger partial charge in [0.25, 0.3) is 0 Å². The molecule has 0 radical (unpaired) electrons. The van der Waals surface area contributed by atoms with Crippen LogP contribution in [0.2, 0.25) is 0 Å². The predicted octanol–water partition coefficient (Wildman–Crippen LogP) is 1.84. The molecule has 0 heterocycles. The van der Waals surface area contributed by atoms with Crippen LogP contribution in [0.4, 0.5) is 0 Å². The van der Waals surface area contributed by atoms with Gasteiger partial charge in [0.1, 0.15) is 0 Å². The van der Waals surface area contributed by atoms with Gasteiger partial charge in [0.2, 0.25) is 5.60 Å². The van der Waals surface area contributed by atoms with Gasteiger partial charge in [0, 0.05) is 11.6 Å². The largest absolute Gasteiger partial charge is 0.504 e. The number of hydrogen-bond donors (Lipinski definition) is 1. The summed E-state index contributed by atoms with van der Waals surface area (Å²) < 4.78 is 9.66. The Morgan fingerprint density at radius 2 is 1.96 bits per heavy atom. The molecule has 5 nitrogen and oxygen atoms in total.